The van der Waals surface area contributed by atoms with Crippen molar-refractivity contribution in [1.29, 1.82) is 0 Å². The fourth-order valence-corrected chi connectivity index (χ4v) is 3.69. The van der Waals surface area contributed by atoms with Crippen molar-refractivity contribution in [3.8, 4) is 11.3 Å². The predicted octanol–water partition coefficient (Wildman–Crippen LogP) is 1.12. The van der Waals surface area contributed by atoms with Gasteiger partial charge in [0.1, 0.15) is 12.3 Å². The van der Waals surface area contributed by atoms with Crippen molar-refractivity contribution in [2.24, 2.45) is 0 Å². The second-order valence-corrected chi connectivity index (χ2v) is 7.94. The Labute approximate surface area is 140 Å². The van der Waals surface area contributed by atoms with E-state index in [-0.39, 0.29) is 24.7 Å². The Morgan fingerprint density at radius 2 is 1.92 bits per heavy atom. The molecule has 0 atom stereocenters. The van der Waals surface area contributed by atoms with Crippen LogP contribution in [0.5, 0.6) is 0 Å². The minimum absolute atomic E-state index is 0.0291. The van der Waals surface area contributed by atoms with Gasteiger partial charge in [0.2, 0.25) is 0 Å². The van der Waals surface area contributed by atoms with Crippen LogP contribution in [0.3, 0.4) is 0 Å². The number of hydrogen-bond donors (Lipinski definition) is 0. The van der Waals surface area contributed by atoms with E-state index < -0.39 is 15.8 Å². The Bertz CT molecular complexity index is 787. The van der Waals surface area contributed by atoms with Gasteiger partial charge in [-0.15, -0.1) is 0 Å². The summed E-state index contributed by atoms with van der Waals surface area (Å²) in [4.78, 5) is 13.6. The summed E-state index contributed by atoms with van der Waals surface area (Å²) in [6.07, 6.45) is 0. The number of carbonyl (C=O) groups is 1. The molecule has 0 bridgehead atoms. The molecule has 0 amide bonds. The maximum Gasteiger partial charge on any atom is 0.320 e. The maximum absolute atomic E-state index is 11.9. The van der Waals surface area contributed by atoms with Crippen LogP contribution in [0.25, 0.3) is 11.3 Å². The number of nitrogens with zero attached hydrogens (tertiary/aromatic N) is 2. The van der Waals surface area contributed by atoms with E-state index in [1.54, 1.807) is 11.0 Å². The molecule has 1 saturated heterocycles. The first-order chi connectivity index (χ1) is 11.5. The molecule has 0 saturated carbocycles. The van der Waals surface area contributed by atoms with Crippen LogP contribution in [0.2, 0.25) is 0 Å². The molecule has 0 aliphatic carbocycles. The van der Waals surface area contributed by atoms with Gasteiger partial charge >= 0.3 is 5.97 Å². The number of aromatic nitrogens is 1. The molecule has 128 valence electrons. The molecule has 0 radical (unpaired) electrons. The first-order valence-corrected chi connectivity index (χ1v) is 9.43. The molecule has 1 fully saturated rings. The van der Waals surface area contributed by atoms with Crippen molar-refractivity contribution < 1.29 is 22.5 Å². The van der Waals surface area contributed by atoms with E-state index in [2.05, 4.69) is 5.16 Å². The summed E-state index contributed by atoms with van der Waals surface area (Å²) >= 11 is 0. The van der Waals surface area contributed by atoms with Crippen LogP contribution in [0.1, 0.15) is 5.69 Å². The topological polar surface area (TPSA) is 89.7 Å². The summed E-state index contributed by atoms with van der Waals surface area (Å²) in [5.74, 6) is 0.384. The molecule has 1 aromatic heterocycles. The number of ether oxygens (including phenoxy) is 1. The van der Waals surface area contributed by atoms with Gasteiger partial charge in [-0.2, -0.15) is 0 Å². The van der Waals surface area contributed by atoms with Crippen LogP contribution in [0.4, 0.5) is 0 Å². The first-order valence-electron chi connectivity index (χ1n) is 7.61. The van der Waals surface area contributed by atoms with Crippen molar-refractivity contribution in [1.82, 2.24) is 10.1 Å². The highest BCUT2D eigenvalue weighted by molar-refractivity contribution is 7.91. The minimum atomic E-state index is -2.95. The number of sulfone groups is 1. The summed E-state index contributed by atoms with van der Waals surface area (Å²) < 4.78 is 33.1. The Hall–Kier alpha value is -2.19. The zero-order valence-corrected chi connectivity index (χ0v) is 13.9. The number of esters is 1. The van der Waals surface area contributed by atoms with E-state index in [1.807, 2.05) is 30.3 Å². The van der Waals surface area contributed by atoms with Gasteiger partial charge in [0, 0.05) is 24.7 Å². The number of hydrogen-bond acceptors (Lipinski definition) is 7. The van der Waals surface area contributed by atoms with Crippen LogP contribution in [0, 0.1) is 0 Å². The van der Waals surface area contributed by atoms with Crippen molar-refractivity contribution in [3.63, 3.8) is 0 Å². The second-order valence-electron chi connectivity index (χ2n) is 5.64. The Balaban J connectivity index is 1.48. The van der Waals surface area contributed by atoms with E-state index in [0.29, 0.717) is 24.5 Å². The summed E-state index contributed by atoms with van der Waals surface area (Å²) in [5, 5.41) is 3.89. The minimum Gasteiger partial charge on any atom is -0.458 e. The molecule has 7 nitrogen and oxygen atoms in total. The van der Waals surface area contributed by atoms with E-state index in [0.717, 1.165) is 5.56 Å². The number of rotatable bonds is 5. The zero-order chi connectivity index (χ0) is 17.0. The van der Waals surface area contributed by atoms with Crippen LogP contribution < -0.4 is 0 Å². The molecule has 2 aromatic rings. The highest BCUT2D eigenvalue weighted by Crippen LogP contribution is 2.20. The average Bonchev–Trinajstić information content (AvgIpc) is 3.05. The van der Waals surface area contributed by atoms with Gasteiger partial charge in [0.15, 0.2) is 15.6 Å². The van der Waals surface area contributed by atoms with Gasteiger partial charge in [0.25, 0.3) is 0 Å². The lowest BCUT2D eigenvalue weighted by molar-refractivity contribution is -0.146. The van der Waals surface area contributed by atoms with Gasteiger partial charge in [-0.25, -0.2) is 8.42 Å². The van der Waals surface area contributed by atoms with Gasteiger partial charge in [-0.05, 0) is 0 Å². The summed E-state index contributed by atoms with van der Waals surface area (Å²) in [6.45, 7) is 0.833. The van der Waals surface area contributed by atoms with Gasteiger partial charge < -0.3 is 9.26 Å². The molecule has 3 rings (SSSR count). The lowest BCUT2D eigenvalue weighted by atomic mass is 10.2. The molecular formula is C16H18N2O5S. The fourth-order valence-electron chi connectivity index (χ4n) is 2.41. The third kappa shape index (κ3) is 4.42. The molecule has 1 aliphatic rings. The summed E-state index contributed by atoms with van der Waals surface area (Å²) in [7, 11) is -2.95. The molecule has 1 aromatic carbocycles. The SMILES string of the molecule is O=C(CN1CCS(=O)(=O)CC1)OCc1cc(-c2ccccc2)on1. The van der Waals surface area contributed by atoms with Crippen molar-refractivity contribution >= 4 is 15.8 Å². The second kappa shape index (κ2) is 7.14. The Morgan fingerprint density at radius 3 is 2.62 bits per heavy atom. The molecule has 0 N–H and O–H groups in total. The van der Waals surface area contributed by atoms with Gasteiger partial charge in [0.05, 0.1) is 18.1 Å². The highest BCUT2D eigenvalue weighted by atomic mass is 32.2. The molecule has 0 unspecified atom stereocenters. The van der Waals surface area contributed by atoms with Gasteiger partial charge in [-0.3, -0.25) is 9.69 Å². The summed E-state index contributed by atoms with van der Waals surface area (Å²) in [6, 6.07) is 11.2. The van der Waals surface area contributed by atoms with Crippen LogP contribution in [-0.4, -0.2) is 55.6 Å². The molecule has 0 spiro atoms. The van der Waals surface area contributed by atoms with Crippen molar-refractivity contribution in [2.75, 3.05) is 31.1 Å². The van der Waals surface area contributed by atoms with Crippen LogP contribution in [0.15, 0.2) is 40.9 Å². The van der Waals surface area contributed by atoms with Crippen LogP contribution >= 0.6 is 0 Å². The van der Waals surface area contributed by atoms with E-state index >= 15 is 0 Å². The molecule has 2 heterocycles. The van der Waals surface area contributed by atoms with Crippen LogP contribution in [-0.2, 0) is 26.0 Å². The lowest BCUT2D eigenvalue weighted by Crippen LogP contribution is -2.43. The number of carbonyl (C=O) groups excluding carboxylic acids is 1. The van der Waals surface area contributed by atoms with E-state index in [4.69, 9.17) is 9.26 Å². The Kier molecular flexibility index (Phi) is 4.96. The monoisotopic (exact) mass is 350 g/mol. The zero-order valence-electron chi connectivity index (χ0n) is 13.1. The normalized spacial score (nSPS) is 17.5. The standard InChI is InChI=1S/C16H18N2O5S/c19-16(11-18-6-8-24(20,21)9-7-18)22-12-14-10-15(23-17-14)13-4-2-1-3-5-13/h1-5,10H,6-9,11-12H2. The molecule has 24 heavy (non-hydrogen) atoms. The molecular weight excluding hydrogens is 332 g/mol. The highest BCUT2D eigenvalue weighted by Gasteiger charge is 2.23. The van der Waals surface area contributed by atoms with E-state index in [9.17, 15) is 13.2 Å². The predicted molar refractivity (Wildman–Crippen MR) is 86.8 cm³/mol. The summed E-state index contributed by atoms with van der Waals surface area (Å²) in [5.41, 5.74) is 1.43. The maximum atomic E-state index is 11.9. The largest absolute Gasteiger partial charge is 0.458 e. The third-order valence-electron chi connectivity index (χ3n) is 3.79. The third-order valence-corrected chi connectivity index (χ3v) is 5.40. The fraction of sp³-hybridized carbons (Fsp3) is 0.375. The Morgan fingerprint density at radius 1 is 1.21 bits per heavy atom. The van der Waals surface area contributed by atoms with Gasteiger partial charge in [-0.1, -0.05) is 35.5 Å². The van der Waals surface area contributed by atoms with E-state index in [1.165, 1.54) is 0 Å². The smallest absolute Gasteiger partial charge is 0.320 e. The molecule has 8 heteroatoms. The van der Waals surface area contributed by atoms with Crippen molar-refractivity contribution in [3.05, 3.63) is 42.1 Å². The average molecular weight is 350 g/mol. The molecule has 1 aliphatic heterocycles. The first kappa shape index (κ1) is 16.7. The van der Waals surface area contributed by atoms with Crippen molar-refractivity contribution in [2.45, 2.75) is 6.61 Å². The quantitative estimate of drug-likeness (QED) is 0.746. The number of benzene rings is 1. The lowest BCUT2D eigenvalue weighted by Gasteiger charge is -2.25.